The van der Waals surface area contributed by atoms with Gasteiger partial charge < -0.3 is 9.80 Å². The Bertz CT molecular complexity index is 658. The normalized spacial score (nSPS) is 24.4. The average Bonchev–Trinajstić information content (AvgIpc) is 3.27. The third kappa shape index (κ3) is 3.10. The van der Waals surface area contributed by atoms with Crippen LogP contribution in [0.15, 0.2) is 29.0 Å². The number of nitrogens with zero attached hydrogens (tertiary/aromatic N) is 1. The second-order valence-corrected chi connectivity index (χ2v) is 8.50. The van der Waals surface area contributed by atoms with Gasteiger partial charge in [0.1, 0.15) is 6.04 Å². The fourth-order valence-corrected chi connectivity index (χ4v) is 5.72. The second kappa shape index (κ2) is 6.75. The van der Waals surface area contributed by atoms with E-state index in [2.05, 4.69) is 33.9 Å². The third-order valence-corrected chi connectivity index (χ3v) is 7.02. The number of fused-ring (bicyclic) bond motifs is 1. The first-order chi connectivity index (χ1) is 11.3. The van der Waals surface area contributed by atoms with Gasteiger partial charge in [0.05, 0.1) is 11.4 Å². The van der Waals surface area contributed by atoms with Crippen LogP contribution in [0, 0.1) is 0 Å². The van der Waals surface area contributed by atoms with Crippen molar-refractivity contribution < 1.29 is 9.69 Å². The van der Waals surface area contributed by atoms with Gasteiger partial charge in [0.2, 0.25) is 0 Å². The van der Waals surface area contributed by atoms with Gasteiger partial charge in [0, 0.05) is 30.0 Å². The van der Waals surface area contributed by atoms with Crippen molar-refractivity contribution in [3.63, 3.8) is 0 Å². The number of quaternary nitrogens is 1. The molecule has 3 nitrogen and oxygen atoms in total. The Hall–Kier alpha value is -1.17. The number of likely N-dealkylation sites (tertiary alicyclic amines) is 1. The van der Waals surface area contributed by atoms with Crippen LogP contribution in [-0.2, 0) is 11.2 Å². The first-order valence-electron chi connectivity index (χ1n) is 8.55. The van der Waals surface area contributed by atoms with E-state index >= 15 is 0 Å². The fourth-order valence-electron chi connectivity index (χ4n) is 3.90. The van der Waals surface area contributed by atoms with Crippen molar-refractivity contribution in [2.45, 2.75) is 31.7 Å². The number of rotatable bonds is 3. The molecule has 0 bridgehead atoms. The van der Waals surface area contributed by atoms with Crippen LogP contribution < -0.4 is 4.90 Å². The van der Waals surface area contributed by atoms with Crippen LogP contribution >= 0.6 is 22.7 Å². The summed E-state index contributed by atoms with van der Waals surface area (Å²) in [5.41, 5.74) is 1.45. The molecule has 1 fully saturated rings. The van der Waals surface area contributed by atoms with Crippen LogP contribution in [-0.4, -0.2) is 37.0 Å². The highest BCUT2D eigenvalue weighted by Crippen LogP contribution is 2.31. The molecule has 1 N–H and O–H groups in total. The Labute approximate surface area is 145 Å². The van der Waals surface area contributed by atoms with E-state index in [4.69, 9.17) is 0 Å². The van der Waals surface area contributed by atoms with Crippen molar-refractivity contribution in [1.82, 2.24) is 4.90 Å². The number of amides is 1. The van der Waals surface area contributed by atoms with Gasteiger partial charge in [-0.2, -0.15) is 0 Å². The number of nitrogens with one attached hydrogen (secondary N) is 1. The predicted octanol–water partition coefficient (Wildman–Crippen LogP) is 2.35. The van der Waals surface area contributed by atoms with E-state index in [1.165, 1.54) is 39.5 Å². The lowest BCUT2D eigenvalue weighted by atomic mass is 9.98. The molecule has 1 saturated heterocycles. The third-order valence-electron chi connectivity index (χ3n) is 5.09. The molecule has 0 aromatic carbocycles. The van der Waals surface area contributed by atoms with E-state index in [0.717, 1.165) is 26.1 Å². The zero-order chi connectivity index (χ0) is 15.6. The van der Waals surface area contributed by atoms with E-state index in [9.17, 15) is 4.79 Å². The van der Waals surface area contributed by atoms with Gasteiger partial charge in [0.15, 0.2) is 6.54 Å². The minimum atomic E-state index is 0.346. The summed E-state index contributed by atoms with van der Waals surface area (Å²) < 4.78 is 0. The standard InChI is InChI=1S/C18H22N2OS2/c21-17(19-8-2-1-3-9-19)13-20-10-6-15-14(7-12-23-15)18(20)16-5-4-11-22-16/h4-5,7,11-12,18H,1-3,6,8-10,13H2/p+1/t18-/m0/s1. The number of carbonyl (C=O) groups is 1. The molecule has 0 aliphatic carbocycles. The zero-order valence-electron chi connectivity index (χ0n) is 13.3. The van der Waals surface area contributed by atoms with Crippen LogP contribution in [0.5, 0.6) is 0 Å². The molecule has 2 atom stereocenters. The molecule has 1 unspecified atom stereocenters. The minimum absolute atomic E-state index is 0.346. The topological polar surface area (TPSA) is 24.8 Å². The quantitative estimate of drug-likeness (QED) is 0.906. The molecular formula is C18H23N2OS2+. The molecule has 5 heteroatoms. The van der Waals surface area contributed by atoms with Gasteiger partial charge >= 0.3 is 0 Å². The molecule has 4 heterocycles. The number of hydrogen-bond acceptors (Lipinski definition) is 3. The lowest BCUT2D eigenvalue weighted by molar-refractivity contribution is -0.919. The minimum Gasteiger partial charge on any atom is -0.338 e. The maximum absolute atomic E-state index is 12.7. The molecule has 2 aliphatic heterocycles. The number of carbonyl (C=O) groups excluding carboxylic acids is 1. The summed E-state index contributed by atoms with van der Waals surface area (Å²) in [7, 11) is 0. The monoisotopic (exact) mass is 347 g/mol. The number of thiophene rings is 2. The molecule has 2 aliphatic rings. The van der Waals surface area contributed by atoms with E-state index in [-0.39, 0.29) is 0 Å². The summed E-state index contributed by atoms with van der Waals surface area (Å²) in [6, 6.07) is 6.98. The summed E-state index contributed by atoms with van der Waals surface area (Å²) in [5.74, 6) is 0.347. The summed E-state index contributed by atoms with van der Waals surface area (Å²) in [6.07, 6.45) is 4.72. The fraction of sp³-hybridized carbons (Fsp3) is 0.500. The zero-order valence-corrected chi connectivity index (χ0v) is 14.9. The Morgan fingerprint density at radius 3 is 2.83 bits per heavy atom. The largest absolute Gasteiger partial charge is 0.338 e. The van der Waals surface area contributed by atoms with Crippen molar-refractivity contribution in [3.05, 3.63) is 44.3 Å². The molecule has 4 rings (SSSR count). The smallest absolute Gasteiger partial charge is 0.277 e. The first-order valence-corrected chi connectivity index (χ1v) is 10.3. The van der Waals surface area contributed by atoms with Crippen LogP contribution in [0.2, 0.25) is 0 Å². The van der Waals surface area contributed by atoms with Gasteiger partial charge in [-0.15, -0.1) is 22.7 Å². The summed E-state index contributed by atoms with van der Waals surface area (Å²) >= 11 is 3.69. The number of hydrogen-bond donors (Lipinski definition) is 1. The van der Waals surface area contributed by atoms with E-state index in [1.54, 1.807) is 0 Å². The Morgan fingerprint density at radius 2 is 2.04 bits per heavy atom. The Morgan fingerprint density at radius 1 is 1.17 bits per heavy atom. The van der Waals surface area contributed by atoms with E-state index in [0.29, 0.717) is 18.5 Å². The molecule has 0 saturated carbocycles. The van der Waals surface area contributed by atoms with Crippen molar-refractivity contribution in [1.29, 1.82) is 0 Å². The summed E-state index contributed by atoms with van der Waals surface area (Å²) in [6.45, 7) is 3.62. The van der Waals surface area contributed by atoms with Crippen LogP contribution in [0.4, 0.5) is 0 Å². The highest BCUT2D eigenvalue weighted by atomic mass is 32.1. The predicted molar refractivity (Wildman–Crippen MR) is 95.3 cm³/mol. The SMILES string of the molecule is O=C(C[NH+]1CCc2sccc2[C@H]1c1cccs1)N1CCCCC1. The summed E-state index contributed by atoms with van der Waals surface area (Å²) in [4.78, 5) is 19.2. The van der Waals surface area contributed by atoms with Crippen molar-refractivity contribution >= 4 is 28.6 Å². The Balaban J connectivity index is 1.56. The maximum atomic E-state index is 12.7. The van der Waals surface area contributed by atoms with Crippen LogP contribution in [0.25, 0.3) is 0 Å². The molecule has 2 aromatic heterocycles. The van der Waals surface area contributed by atoms with Gasteiger partial charge in [0.25, 0.3) is 5.91 Å². The van der Waals surface area contributed by atoms with Gasteiger partial charge in [-0.25, -0.2) is 0 Å². The molecular weight excluding hydrogens is 324 g/mol. The number of piperidine rings is 1. The van der Waals surface area contributed by atoms with Crippen LogP contribution in [0.1, 0.15) is 40.6 Å². The second-order valence-electron chi connectivity index (χ2n) is 6.52. The van der Waals surface area contributed by atoms with Gasteiger partial charge in [-0.3, -0.25) is 4.79 Å². The lowest BCUT2D eigenvalue weighted by Gasteiger charge is -2.34. The highest BCUT2D eigenvalue weighted by Gasteiger charge is 2.36. The van der Waals surface area contributed by atoms with Crippen molar-refractivity contribution in [2.75, 3.05) is 26.2 Å². The molecule has 2 aromatic rings. The highest BCUT2D eigenvalue weighted by molar-refractivity contribution is 7.10. The van der Waals surface area contributed by atoms with Crippen molar-refractivity contribution in [2.24, 2.45) is 0 Å². The van der Waals surface area contributed by atoms with E-state index in [1.807, 2.05) is 22.7 Å². The lowest BCUT2D eigenvalue weighted by Crippen LogP contribution is -3.14. The molecule has 0 spiro atoms. The van der Waals surface area contributed by atoms with Gasteiger partial charge in [-0.05, 0) is 42.2 Å². The molecule has 0 radical (unpaired) electrons. The molecule has 122 valence electrons. The first kappa shape index (κ1) is 15.4. The molecule has 1 amide bonds. The Kier molecular flexibility index (Phi) is 4.51. The summed E-state index contributed by atoms with van der Waals surface area (Å²) in [5, 5.41) is 4.36. The maximum Gasteiger partial charge on any atom is 0.277 e. The van der Waals surface area contributed by atoms with Crippen LogP contribution in [0.3, 0.4) is 0 Å². The molecule has 23 heavy (non-hydrogen) atoms. The average molecular weight is 348 g/mol. The van der Waals surface area contributed by atoms with Gasteiger partial charge in [-0.1, -0.05) is 6.07 Å². The van der Waals surface area contributed by atoms with Crippen molar-refractivity contribution in [3.8, 4) is 0 Å². The van der Waals surface area contributed by atoms with E-state index < -0.39 is 0 Å².